The first-order chi connectivity index (χ1) is 13.0. The van der Waals surface area contributed by atoms with Gasteiger partial charge in [0.15, 0.2) is 0 Å². The Hall–Kier alpha value is -3.22. The van der Waals surface area contributed by atoms with E-state index in [0.29, 0.717) is 35.4 Å². The summed E-state index contributed by atoms with van der Waals surface area (Å²) < 4.78 is 21.9. The summed E-state index contributed by atoms with van der Waals surface area (Å²) in [6, 6.07) is 4.74. The summed E-state index contributed by atoms with van der Waals surface area (Å²) in [5, 5.41) is 0.173. The maximum Gasteiger partial charge on any atom is 0.343 e. The Morgan fingerprint density at radius 3 is 2.89 bits per heavy atom. The molecule has 138 valence electrons. The molecule has 3 aromatic rings. The molecule has 0 fully saturated rings. The van der Waals surface area contributed by atoms with Crippen LogP contribution in [0.25, 0.3) is 22.0 Å². The SMILES string of the molecule is CCOC(=O)c1cn2c3c(c(-c4cccnc4)c(F)cc3c1=O)N(C)CC2. The third-order valence-corrected chi connectivity index (χ3v) is 4.79. The van der Waals surface area contributed by atoms with E-state index in [4.69, 9.17) is 4.74 Å². The summed E-state index contributed by atoms with van der Waals surface area (Å²) in [4.78, 5) is 31.1. The van der Waals surface area contributed by atoms with Crippen molar-refractivity contribution in [3.8, 4) is 11.1 Å². The lowest BCUT2D eigenvalue weighted by Gasteiger charge is -2.31. The minimum Gasteiger partial charge on any atom is -0.462 e. The quantitative estimate of drug-likeness (QED) is 0.666. The average molecular weight is 367 g/mol. The fourth-order valence-corrected chi connectivity index (χ4v) is 3.57. The minimum absolute atomic E-state index is 0.0756. The Labute approximate surface area is 154 Å². The van der Waals surface area contributed by atoms with Gasteiger partial charge in [0.2, 0.25) is 5.43 Å². The lowest BCUT2D eigenvalue weighted by atomic mass is 9.98. The second-order valence-corrected chi connectivity index (χ2v) is 6.43. The third kappa shape index (κ3) is 2.66. The van der Waals surface area contributed by atoms with Gasteiger partial charge in [0.05, 0.1) is 23.2 Å². The summed E-state index contributed by atoms with van der Waals surface area (Å²) in [5.41, 5.74) is 1.67. The molecule has 1 aliphatic rings. The Morgan fingerprint density at radius 2 is 2.19 bits per heavy atom. The highest BCUT2D eigenvalue weighted by molar-refractivity contribution is 6.03. The van der Waals surface area contributed by atoms with Crippen LogP contribution in [0.15, 0.2) is 41.6 Å². The minimum atomic E-state index is -0.689. The van der Waals surface area contributed by atoms with E-state index in [9.17, 15) is 9.59 Å². The molecule has 4 rings (SSSR count). The Balaban J connectivity index is 2.10. The summed E-state index contributed by atoms with van der Waals surface area (Å²) in [6.45, 7) is 3.03. The van der Waals surface area contributed by atoms with Gasteiger partial charge >= 0.3 is 5.97 Å². The van der Waals surface area contributed by atoms with Crippen molar-refractivity contribution in [3.05, 3.63) is 58.4 Å². The predicted molar refractivity (Wildman–Crippen MR) is 101 cm³/mol. The Kier molecular flexibility index (Phi) is 4.14. The van der Waals surface area contributed by atoms with E-state index in [1.165, 1.54) is 12.3 Å². The molecule has 1 aromatic carbocycles. The second-order valence-electron chi connectivity index (χ2n) is 6.43. The molecule has 1 aliphatic heterocycles. The highest BCUT2D eigenvalue weighted by atomic mass is 19.1. The molecule has 6 nitrogen and oxygen atoms in total. The van der Waals surface area contributed by atoms with E-state index < -0.39 is 17.2 Å². The highest BCUT2D eigenvalue weighted by Gasteiger charge is 2.27. The molecule has 0 radical (unpaired) electrons. The first kappa shape index (κ1) is 17.2. The van der Waals surface area contributed by atoms with Gasteiger partial charge in [0, 0.05) is 49.9 Å². The number of ether oxygens (including phenoxy) is 1. The number of nitrogens with zero attached hydrogens (tertiary/aromatic N) is 3. The maximum absolute atomic E-state index is 15.1. The zero-order chi connectivity index (χ0) is 19.1. The fraction of sp³-hybridized carbons (Fsp3) is 0.250. The van der Waals surface area contributed by atoms with Crippen molar-refractivity contribution in [1.82, 2.24) is 9.55 Å². The predicted octanol–water partition coefficient (Wildman–Crippen LogP) is 2.83. The van der Waals surface area contributed by atoms with Gasteiger partial charge in [-0.3, -0.25) is 9.78 Å². The van der Waals surface area contributed by atoms with Gasteiger partial charge in [-0.2, -0.15) is 0 Å². The molecule has 7 heteroatoms. The molecule has 0 amide bonds. The number of hydrogen-bond acceptors (Lipinski definition) is 5. The molecule has 0 saturated heterocycles. The molecule has 0 aliphatic carbocycles. The number of carbonyl (C=O) groups excluding carboxylic acids is 1. The molecule has 3 heterocycles. The van der Waals surface area contributed by atoms with Crippen molar-refractivity contribution in [1.29, 1.82) is 0 Å². The maximum atomic E-state index is 15.1. The number of esters is 1. The monoisotopic (exact) mass is 367 g/mol. The van der Waals surface area contributed by atoms with E-state index >= 15 is 4.39 Å². The molecule has 0 saturated carbocycles. The largest absolute Gasteiger partial charge is 0.462 e. The van der Waals surface area contributed by atoms with Crippen LogP contribution in [-0.4, -0.2) is 35.7 Å². The topological polar surface area (TPSA) is 64.4 Å². The zero-order valence-electron chi connectivity index (χ0n) is 15.0. The van der Waals surface area contributed by atoms with E-state index in [2.05, 4.69) is 4.98 Å². The Bertz CT molecular complexity index is 1110. The van der Waals surface area contributed by atoms with Crippen molar-refractivity contribution >= 4 is 22.6 Å². The smallest absolute Gasteiger partial charge is 0.343 e. The first-order valence-corrected chi connectivity index (χ1v) is 8.71. The van der Waals surface area contributed by atoms with Crippen LogP contribution in [0, 0.1) is 5.82 Å². The summed E-state index contributed by atoms with van der Waals surface area (Å²) in [7, 11) is 1.86. The summed E-state index contributed by atoms with van der Waals surface area (Å²) >= 11 is 0. The van der Waals surface area contributed by atoms with Gasteiger partial charge in [0.25, 0.3) is 0 Å². The first-order valence-electron chi connectivity index (χ1n) is 8.71. The number of rotatable bonds is 3. The van der Waals surface area contributed by atoms with Crippen molar-refractivity contribution in [3.63, 3.8) is 0 Å². The number of carbonyl (C=O) groups is 1. The van der Waals surface area contributed by atoms with E-state index in [1.807, 2.05) is 16.5 Å². The standard InChI is InChI=1S/C20H18FN3O3/c1-3-27-20(26)14-11-24-8-7-23(2)18-16(12-5-4-6-22-10-12)15(21)9-13(17(18)24)19(14)25/h4-6,9-11H,3,7-8H2,1-2H3. The summed E-state index contributed by atoms with van der Waals surface area (Å²) in [5.74, 6) is -1.21. The van der Waals surface area contributed by atoms with Gasteiger partial charge in [-0.25, -0.2) is 9.18 Å². The average Bonchev–Trinajstić information content (AvgIpc) is 2.67. The van der Waals surface area contributed by atoms with Gasteiger partial charge in [-0.15, -0.1) is 0 Å². The van der Waals surface area contributed by atoms with Crippen LogP contribution >= 0.6 is 0 Å². The second kappa shape index (κ2) is 6.50. The van der Waals surface area contributed by atoms with E-state index in [1.54, 1.807) is 31.5 Å². The van der Waals surface area contributed by atoms with Crippen molar-refractivity contribution < 1.29 is 13.9 Å². The van der Waals surface area contributed by atoms with Crippen LogP contribution in [0.5, 0.6) is 0 Å². The molecule has 0 atom stereocenters. The van der Waals surface area contributed by atoms with Gasteiger partial charge < -0.3 is 14.2 Å². The van der Waals surface area contributed by atoms with Gasteiger partial charge in [-0.05, 0) is 19.1 Å². The normalized spacial score (nSPS) is 13.1. The van der Waals surface area contributed by atoms with Crippen LogP contribution in [-0.2, 0) is 11.3 Å². The highest BCUT2D eigenvalue weighted by Crippen LogP contribution is 2.40. The molecular weight excluding hydrogens is 349 g/mol. The molecule has 0 N–H and O–H groups in total. The summed E-state index contributed by atoms with van der Waals surface area (Å²) in [6.07, 6.45) is 4.74. The molecule has 0 unspecified atom stereocenters. The van der Waals surface area contributed by atoms with Crippen LogP contribution in [0.4, 0.5) is 10.1 Å². The molecule has 2 aromatic heterocycles. The number of pyridine rings is 2. The molecule has 0 spiro atoms. The number of anilines is 1. The fourth-order valence-electron chi connectivity index (χ4n) is 3.57. The number of aromatic nitrogens is 2. The van der Waals surface area contributed by atoms with Crippen LogP contribution in [0.3, 0.4) is 0 Å². The number of halogens is 1. The van der Waals surface area contributed by atoms with Crippen LogP contribution < -0.4 is 10.3 Å². The van der Waals surface area contributed by atoms with Gasteiger partial charge in [0.1, 0.15) is 11.4 Å². The lowest BCUT2D eigenvalue weighted by Crippen LogP contribution is -2.32. The van der Waals surface area contributed by atoms with Crippen LogP contribution in [0.1, 0.15) is 17.3 Å². The molecular formula is C20H18FN3O3. The van der Waals surface area contributed by atoms with E-state index in [0.717, 1.165) is 0 Å². The number of likely N-dealkylation sites (N-methyl/N-ethyl adjacent to an activating group) is 1. The zero-order valence-corrected chi connectivity index (χ0v) is 15.0. The molecule has 0 bridgehead atoms. The van der Waals surface area contributed by atoms with Gasteiger partial charge in [-0.1, -0.05) is 6.07 Å². The lowest BCUT2D eigenvalue weighted by molar-refractivity contribution is 0.0524. The van der Waals surface area contributed by atoms with E-state index in [-0.39, 0.29) is 17.6 Å². The molecule has 27 heavy (non-hydrogen) atoms. The number of hydrogen-bond donors (Lipinski definition) is 0. The number of benzene rings is 1. The third-order valence-electron chi connectivity index (χ3n) is 4.79. The van der Waals surface area contributed by atoms with Crippen molar-refractivity contribution in [2.45, 2.75) is 13.5 Å². The van der Waals surface area contributed by atoms with Crippen molar-refractivity contribution in [2.75, 3.05) is 25.1 Å². The Morgan fingerprint density at radius 1 is 1.37 bits per heavy atom. The van der Waals surface area contributed by atoms with Crippen molar-refractivity contribution in [2.24, 2.45) is 0 Å². The van der Waals surface area contributed by atoms with Crippen LogP contribution in [0.2, 0.25) is 0 Å².